The second-order valence-corrected chi connectivity index (χ2v) is 5.60. The first-order chi connectivity index (χ1) is 9.47. The summed E-state index contributed by atoms with van der Waals surface area (Å²) in [5, 5.41) is 19.7. The number of benzene rings is 1. The van der Waals surface area contributed by atoms with Crippen LogP contribution in [0.4, 0.5) is 0 Å². The highest BCUT2D eigenvalue weighted by Crippen LogP contribution is 2.38. The van der Waals surface area contributed by atoms with E-state index >= 15 is 0 Å². The van der Waals surface area contributed by atoms with E-state index in [9.17, 15) is 10.2 Å². The Kier molecular flexibility index (Phi) is 4.48. The van der Waals surface area contributed by atoms with Gasteiger partial charge in [-0.15, -0.1) is 0 Å². The molecule has 4 nitrogen and oxygen atoms in total. The topological polar surface area (TPSA) is 58.9 Å². The standard InChI is InChI=1S/C16H22O4/c1-16(2,18)14-9-12-7-6-11(5-4-8-19-3)13(10-17)15(12)20-14/h4-7,14,17-18H,8-10H2,1-3H3/b5-4+/t14-/m1/s1. The van der Waals surface area contributed by atoms with Crippen molar-refractivity contribution in [1.29, 1.82) is 0 Å². The number of ether oxygens (including phenoxy) is 2. The van der Waals surface area contributed by atoms with E-state index in [-0.39, 0.29) is 12.7 Å². The van der Waals surface area contributed by atoms with Crippen molar-refractivity contribution in [2.45, 2.75) is 38.6 Å². The molecule has 1 aromatic carbocycles. The van der Waals surface area contributed by atoms with Gasteiger partial charge in [0.15, 0.2) is 0 Å². The highest BCUT2D eigenvalue weighted by atomic mass is 16.5. The van der Waals surface area contributed by atoms with Crippen molar-refractivity contribution in [3.05, 3.63) is 34.9 Å². The molecule has 1 aliphatic heterocycles. The van der Waals surface area contributed by atoms with Crippen LogP contribution in [0, 0.1) is 0 Å². The number of hydrogen-bond acceptors (Lipinski definition) is 4. The molecule has 0 fully saturated rings. The van der Waals surface area contributed by atoms with E-state index < -0.39 is 5.60 Å². The zero-order valence-corrected chi connectivity index (χ0v) is 12.2. The highest BCUT2D eigenvalue weighted by Gasteiger charge is 2.36. The van der Waals surface area contributed by atoms with Gasteiger partial charge in [-0.3, -0.25) is 0 Å². The molecule has 0 bridgehead atoms. The highest BCUT2D eigenvalue weighted by molar-refractivity contribution is 5.61. The molecule has 2 rings (SSSR count). The van der Waals surface area contributed by atoms with Crippen molar-refractivity contribution in [3.63, 3.8) is 0 Å². The minimum absolute atomic E-state index is 0.0889. The van der Waals surface area contributed by atoms with Crippen molar-refractivity contribution >= 4 is 6.08 Å². The van der Waals surface area contributed by atoms with Gasteiger partial charge >= 0.3 is 0 Å². The Morgan fingerprint density at radius 1 is 1.45 bits per heavy atom. The molecule has 1 aliphatic rings. The third-order valence-electron chi connectivity index (χ3n) is 3.55. The molecule has 0 amide bonds. The third-order valence-corrected chi connectivity index (χ3v) is 3.55. The van der Waals surface area contributed by atoms with Crippen LogP contribution in [0.15, 0.2) is 18.2 Å². The van der Waals surface area contributed by atoms with Crippen molar-refractivity contribution in [1.82, 2.24) is 0 Å². The summed E-state index contributed by atoms with van der Waals surface area (Å²) in [6.45, 7) is 3.91. The molecule has 1 heterocycles. The Bertz CT molecular complexity index is 500. The summed E-state index contributed by atoms with van der Waals surface area (Å²) in [6, 6.07) is 3.96. The zero-order valence-electron chi connectivity index (χ0n) is 12.2. The maximum atomic E-state index is 10.1. The van der Waals surface area contributed by atoms with E-state index in [0.717, 1.165) is 16.7 Å². The molecular weight excluding hydrogens is 256 g/mol. The van der Waals surface area contributed by atoms with E-state index in [4.69, 9.17) is 9.47 Å². The number of methoxy groups -OCH3 is 1. The van der Waals surface area contributed by atoms with Gasteiger partial charge < -0.3 is 19.7 Å². The van der Waals surface area contributed by atoms with Crippen LogP contribution in [-0.4, -0.2) is 35.6 Å². The molecule has 0 radical (unpaired) electrons. The van der Waals surface area contributed by atoms with Crippen LogP contribution >= 0.6 is 0 Å². The Balaban J connectivity index is 2.31. The van der Waals surface area contributed by atoms with Gasteiger partial charge in [0.25, 0.3) is 0 Å². The minimum Gasteiger partial charge on any atom is -0.486 e. The number of rotatable bonds is 5. The number of fused-ring (bicyclic) bond motifs is 1. The van der Waals surface area contributed by atoms with Gasteiger partial charge in [0.05, 0.1) is 18.8 Å². The summed E-state index contributed by atoms with van der Waals surface area (Å²) >= 11 is 0. The van der Waals surface area contributed by atoms with Crippen LogP contribution in [0.2, 0.25) is 0 Å². The molecule has 0 saturated heterocycles. The number of aliphatic hydroxyl groups is 2. The molecule has 20 heavy (non-hydrogen) atoms. The lowest BCUT2D eigenvalue weighted by atomic mass is 9.95. The number of hydrogen-bond donors (Lipinski definition) is 2. The molecule has 0 spiro atoms. The van der Waals surface area contributed by atoms with Gasteiger partial charge in [-0.1, -0.05) is 24.3 Å². The SMILES string of the molecule is COC/C=C/c1ccc2c(c1CO)O[C@@H](C(C)(C)O)C2. The Morgan fingerprint density at radius 3 is 2.80 bits per heavy atom. The largest absolute Gasteiger partial charge is 0.486 e. The molecule has 1 aromatic rings. The van der Waals surface area contributed by atoms with Gasteiger partial charge in [0, 0.05) is 19.1 Å². The van der Waals surface area contributed by atoms with E-state index in [1.165, 1.54) is 0 Å². The molecule has 0 saturated carbocycles. The maximum absolute atomic E-state index is 10.1. The fraction of sp³-hybridized carbons (Fsp3) is 0.500. The predicted octanol–water partition coefficient (Wildman–Crippen LogP) is 1.91. The maximum Gasteiger partial charge on any atom is 0.131 e. The summed E-state index contributed by atoms with van der Waals surface area (Å²) in [6.07, 6.45) is 4.19. The van der Waals surface area contributed by atoms with Crippen LogP contribution < -0.4 is 4.74 Å². The zero-order chi connectivity index (χ0) is 14.8. The summed E-state index contributed by atoms with van der Waals surface area (Å²) in [5.74, 6) is 0.708. The molecule has 0 aromatic heterocycles. The fourth-order valence-electron chi connectivity index (χ4n) is 2.37. The van der Waals surface area contributed by atoms with E-state index in [1.54, 1.807) is 21.0 Å². The van der Waals surface area contributed by atoms with Crippen LogP contribution in [0.25, 0.3) is 6.08 Å². The predicted molar refractivity (Wildman–Crippen MR) is 77.7 cm³/mol. The summed E-state index contributed by atoms with van der Waals surface area (Å²) in [4.78, 5) is 0. The van der Waals surface area contributed by atoms with Gasteiger partial charge in [0.1, 0.15) is 11.9 Å². The molecule has 0 aliphatic carbocycles. The van der Waals surface area contributed by atoms with E-state index in [0.29, 0.717) is 18.8 Å². The Morgan fingerprint density at radius 2 is 2.20 bits per heavy atom. The molecule has 2 N–H and O–H groups in total. The lowest BCUT2D eigenvalue weighted by Gasteiger charge is -2.25. The van der Waals surface area contributed by atoms with Crippen molar-refractivity contribution in [3.8, 4) is 5.75 Å². The van der Waals surface area contributed by atoms with Gasteiger partial charge in [0.2, 0.25) is 0 Å². The van der Waals surface area contributed by atoms with Gasteiger partial charge in [-0.05, 0) is 25.0 Å². The fourth-order valence-corrected chi connectivity index (χ4v) is 2.37. The van der Waals surface area contributed by atoms with Crippen molar-refractivity contribution in [2.24, 2.45) is 0 Å². The first-order valence-corrected chi connectivity index (χ1v) is 6.77. The lowest BCUT2D eigenvalue weighted by Crippen LogP contribution is -2.39. The Hall–Kier alpha value is -1.36. The van der Waals surface area contributed by atoms with Gasteiger partial charge in [-0.25, -0.2) is 0 Å². The van der Waals surface area contributed by atoms with Crippen LogP contribution in [0.3, 0.4) is 0 Å². The first kappa shape index (κ1) is 15.0. The summed E-state index contributed by atoms with van der Waals surface area (Å²) in [7, 11) is 1.64. The molecule has 4 heteroatoms. The Labute approximate surface area is 119 Å². The minimum atomic E-state index is -0.905. The smallest absolute Gasteiger partial charge is 0.131 e. The second-order valence-electron chi connectivity index (χ2n) is 5.60. The van der Waals surface area contributed by atoms with Crippen molar-refractivity contribution < 1.29 is 19.7 Å². The quantitative estimate of drug-likeness (QED) is 0.864. The van der Waals surface area contributed by atoms with E-state index in [2.05, 4.69) is 0 Å². The van der Waals surface area contributed by atoms with Crippen LogP contribution in [-0.2, 0) is 17.8 Å². The third kappa shape index (κ3) is 3.03. The van der Waals surface area contributed by atoms with Crippen LogP contribution in [0.1, 0.15) is 30.5 Å². The average Bonchev–Trinajstić information content (AvgIpc) is 2.82. The molecule has 1 atom stereocenters. The van der Waals surface area contributed by atoms with Crippen LogP contribution in [0.5, 0.6) is 5.75 Å². The lowest BCUT2D eigenvalue weighted by molar-refractivity contribution is -0.0235. The molecule has 110 valence electrons. The monoisotopic (exact) mass is 278 g/mol. The van der Waals surface area contributed by atoms with Gasteiger partial charge in [-0.2, -0.15) is 0 Å². The first-order valence-electron chi connectivity index (χ1n) is 6.77. The molecule has 0 unspecified atom stereocenters. The summed E-state index contributed by atoms with van der Waals surface area (Å²) < 4.78 is 10.8. The van der Waals surface area contributed by atoms with E-state index in [1.807, 2.05) is 24.3 Å². The second kappa shape index (κ2) is 5.95. The molecular formula is C16H22O4. The van der Waals surface area contributed by atoms with Crippen molar-refractivity contribution in [2.75, 3.05) is 13.7 Å². The normalized spacial score (nSPS) is 18.4. The number of aliphatic hydroxyl groups excluding tert-OH is 1. The summed E-state index contributed by atoms with van der Waals surface area (Å²) in [5.41, 5.74) is 1.81. The average molecular weight is 278 g/mol.